The minimum Gasteiger partial charge on any atom is -0.351 e. The van der Waals surface area contributed by atoms with Crippen molar-refractivity contribution in [1.29, 1.82) is 0 Å². The molecule has 0 spiro atoms. The molecule has 2 N–H and O–H groups in total. The fourth-order valence-electron chi connectivity index (χ4n) is 2.36. The molecule has 1 aromatic rings. The van der Waals surface area contributed by atoms with Gasteiger partial charge in [-0.3, -0.25) is 4.79 Å². The molecule has 0 atom stereocenters. The molecule has 0 radical (unpaired) electrons. The second kappa shape index (κ2) is 6.90. The average Bonchev–Trinajstić information content (AvgIpc) is 2.81. The molecule has 0 bridgehead atoms. The van der Waals surface area contributed by atoms with Gasteiger partial charge in [-0.15, -0.1) is 11.3 Å². The summed E-state index contributed by atoms with van der Waals surface area (Å²) in [6.45, 7) is 5.00. The summed E-state index contributed by atoms with van der Waals surface area (Å²) in [5.41, 5.74) is 1.28. The van der Waals surface area contributed by atoms with Crippen LogP contribution in [0.1, 0.15) is 36.1 Å². The van der Waals surface area contributed by atoms with Crippen LogP contribution < -0.4 is 10.6 Å². The summed E-state index contributed by atoms with van der Waals surface area (Å²) in [6.07, 6.45) is 4.15. The maximum absolute atomic E-state index is 11.8. The van der Waals surface area contributed by atoms with Crippen LogP contribution in [0, 0.1) is 12.8 Å². The lowest BCUT2D eigenvalue weighted by molar-refractivity contribution is -0.121. The van der Waals surface area contributed by atoms with Crippen LogP contribution in [0.15, 0.2) is 11.4 Å². The molecule has 1 saturated heterocycles. The zero-order valence-corrected chi connectivity index (χ0v) is 11.8. The van der Waals surface area contributed by atoms with Crippen LogP contribution in [-0.4, -0.2) is 19.0 Å². The van der Waals surface area contributed by atoms with Gasteiger partial charge in [-0.2, -0.15) is 0 Å². The van der Waals surface area contributed by atoms with Gasteiger partial charge in [0.05, 0.1) is 6.54 Å². The Hall–Kier alpha value is -0.870. The molecule has 1 aliphatic heterocycles. The van der Waals surface area contributed by atoms with Gasteiger partial charge in [0.15, 0.2) is 0 Å². The van der Waals surface area contributed by atoms with Crippen LogP contribution in [0.5, 0.6) is 0 Å². The van der Waals surface area contributed by atoms with Crippen LogP contribution >= 0.6 is 11.3 Å². The molecular weight excluding hydrogens is 244 g/mol. The van der Waals surface area contributed by atoms with E-state index in [1.807, 2.05) is 0 Å². The van der Waals surface area contributed by atoms with E-state index < -0.39 is 0 Å². The topological polar surface area (TPSA) is 41.1 Å². The SMILES string of the molecule is Cc1ccsc1CNC(=O)CCC1CCNCC1. The van der Waals surface area contributed by atoms with E-state index in [1.165, 1.54) is 23.3 Å². The van der Waals surface area contributed by atoms with Gasteiger partial charge in [0.25, 0.3) is 0 Å². The third-order valence-corrected chi connectivity index (χ3v) is 4.68. The van der Waals surface area contributed by atoms with Gasteiger partial charge in [-0.1, -0.05) is 0 Å². The quantitative estimate of drug-likeness (QED) is 0.859. The maximum Gasteiger partial charge on any atom is 0.220 e. The number of carbonyl (C=O) groups is 1. The number of piperidine rings is 1. The standard InChI is InChI=1S/C14H22N2OS/c1-11-6-9-18-13(11)10-16-14(17)3-2-12-4-7-15-8-5-12/h6,9,12,15H,2-5,7-8,10H2,1H3,(H,16,17). The average molecular weight is 266 g/mol. The molecule has 2 rings (SSSR count). The molecule has 100 valence electrons. The maximum atomic E-state index is 11.8. The predicted octanol–water partition coefficient (Wildman–Crippen LogP) is 2.45. The summed E-state index contributed by atoms with van der Waals surface area (Å²) in [7, 11) is 0. The highest BCUT2D eigenvalue weighted by Gasteiger charge is 2.14. The first-order valence-corrected chi connectivity index (χ1v) is 7.64. The van der Waals surface area contributed by atoms with Gasteiger partial charge in [-0.25, -0.2) is 0 Å². The Morgan fingerprint density at radius 2 is 2.28 bits per heavy atom. The van der Waals surface area contributed by atoms with Gasteiger partial charge in [0.2, 0.25) is 5.91 Å². The van der Waals surface area contributed by atoms with Crippen LogP contribution in [0.4, 0.5) is 0 Å². The molecule has 4 heteroatoms. The molecule has 2 heterocycles. The van der Waals surface area contributed by atoms with Gasteiger partial charge < -0.3 is 10.6 Å². The van der Waals surface area contributed by atoms with Crippen LogP contribution in [-0.2, 0) is 11.3 Å². The first-order valence-electron chi connectivity index (χ1n) is 6.76. The minimum absolute atomic E-state index is 0.196. The summed E-state index contributed by atoms with van der Waals surface area (Å²) in [6, 6.07) is 2.10. The van der Waals surface area contributed by atoms with E-state index in [9.17, 15) is 4.79 Å². The number of carbonyl (C=O) groups excluding carboxylic acids is 1. The lowest BCUT2D eigenvalue weighted by Crippen LogP contribution is -2.29. The van der Waals surface area contributed by atoms with Crippen molar-refractivity contribution in [3.05, 3.63) is 21.9 Å². The predicted molar refractivity (Wildman–Crippen MR) is 75.7 cm³/mol. The van der Waals surface area contributed by atoms with E-state index in [0.717, 1.165) is 25.4 Å². The van der Waals surface area contributed by atoms with E-state index in [0.29, 0.717) is 13.0 Å². The van der Waals surface area contributed by atoms with E-state index in [-0.39, 0.29) is 5.91 Å². The van der Waals surface area contributed by atoms with Crippen molar-refractivity contribution in [2.45, 2.75) is 39.2 Å². The second-order valence-corrected chi connectivity index (χ2v) is 6.04. The fourth-order valence-corrected chi connectivity index (χ4v) is 3.20. The van der Waals surface area contributed by atoms with Gasteiger partial charge in [-0.05, 0) is 62.2 Å². The Labute approximate surface area is 113 Å². The number of hydrogen-bond acceptors (Lipinski definition) is 3. The van der Waals surface area contributed by atoms with Crippen molar-refractivity contribution in [2.75, 3.05) is 13.1 Å². The number of nitrogens with one attached hydrogen (secondary N) is 2. The van der Waals surface area contributed by atoms with Crippen molar-refractivity contribution in [1.82, 2.24) is 10.6 Å². The monoisotopic (exact) mass is 266 g/mol. The summed E-state index contributed by atoms with van der Waals surface area (Å²) < 4.78 is 0. The van der Waals surface area contributed by atoms with E-state index in [4.69, 9.17) is 0 Å². The molecule has 0 aromatic carbocycles. The third-order valence-electron chi connectivity index (χ3n) is 3.65. The highest BCUT2D eigenvalue weighted by molar-refractivity contribution is 7.10. The first-order chi connectivity index (χ1) is 8.75. The number of hydrogen-bond donors (Lipinski definition) is 2. The summed E-state index contributed by atoms with van der Waals surface area (Å²) in [5, 5.41) is 8.45. The van der Waals surface area contributed by atoms with E-state index >= 15 is 0 Å². The second-order valence-electron chi connectivity index (χ2n) is 5.04. The summed E-state index contributed by atoms with van der Waals surface area (Å²) >= 11 is 1.71. The Kier molecular flexibility index (Phi) is 5.20. The fraction of sp³-hybridized carbons (Fsp3) is 0.643. The van der Waals surface area contributed by atoms with Gasteiger partial charge >= 0.3 is 0 Å². The molecule has 18 heavy (non-hydrogen) atoms. The number of amides is 1. The number of rotatable bonds is 5. The van der Waals surface area contributed by atoms with Crippen molar-refractivity contribution < 1.29 is 4.79 Å². The molecular formula is C14H22N2OS. The van der Waals surface area contributed by atoms with Crippen molar-refractivity contribution in [3.8, 4) is 0 Å². The number of aryl methyl sites for hydroxylation is 1. The molecule has 1 aliphatic rings. The Balaban J connectivity index is 1.64. The Morgan fingerprint density at radius 1 is 1.50 bits per heavy atom. The highest BCUT2D eigenvalue weighted by Crippen LogP contribution is 2.18. The molecule has 0 unspecified atom stereocenters. The largest absolute Gasteiger partial charge is 0.351 e. The van der Waals surface area contributed by atoms with Crippen molar-refractivity contribution in [3.63, 3.8) is 0 Å². The molecule has 1 amide bonds. The smallest absolute Gasteiger partial charge is 0.220 e. The van der Waals surface area contributed by atoms with Crippen LogP contribution in [0.3, 0.4) is 0 Å². The normalized spacial score (nSPS) is 16.7. The third kappa shape index (κ3) is 4.10. The molecule has 1 aromatic heterocycles. The summed E-state index contributed by atoms with van der Waals surface area (Å²) in [5.74, 6) is 0.932. The van der Waals surface area contributed by atoms with Crippen LogP contribution in [0.25, 0.3) is 0 Å². The first kappa shape index (κ1) is 13.6. The molecule has 0 saturated carbocycles. The number of thiophene rings is 1. The lowest BCUT2D eigenvalue weighted by atomic mass is 9.93. The van der Waals surface area contributed by atoms with E-state index in [1.54, 1.807) is 11.3 Å². The summed E-state index contributed by atoms with van der Waals surface area (Å²) in [4.78, 5) is 13.0. The molecule has 3 nitrogen and oxygen atoms in total. The lowest BCUT2D eigenvalue weighted by Gasteiger charge is -2.22. The van der Waals surface area contributed by atoms with Crippen molar-refractivity contribution in [2.24, 2.45) is 5.92 Å². The Morgan fingerprint density at radius 3 is 2.94 bits per heavy atom. The zero-order valence-electron chi connectivity index (χ0n) is 11.0. The van der Waals surface area contributed by atoms with Gasteiger partial charge in [0.1, 0.15) is 0 Å². The van der Waals surface area contributed by atoms with Crippen molar-refractivity contribution >= 4 is 17.2 Å². The van der Waals surface area contributed by atoms with E-state index in [2.05, 4.69) is 29.0 Å². The zero-order chi connectivity index (χ0) is 12.8. The van der Waals surface area contributed by atoms with Crippen LogP contribution in [0.2, 0.25) is 0 Å². The molecule has 0 aliphatic carbocycles. The highest BCUT2D eigenvalue weighted by atomic mass is 32.1. The van der Waals surface area contributed by atoms with Gasteiger partial charge in [0, 0.05) is 11.3 Å². The minimum atomic E-state index is 0.196. The molecule has 1 fully saturated rings. The Bertz CT molecular complexity index is 383.